The zero-order valence-electron chi connectivity index (χ0n) is 19.5. The van der Waals surface area contributed by atoms with Gasteiger partial charge in [-0.25, -0.2) is 0 Å². The van der Waals surface area contributed by atoms with Gasteiger partial charge in [0.05, 0.1) is 6.61 Å². The summed E-state index contributed by atoms with van der Waals surface area (Å²) in [6.07, 6.45) is -15.2. The van der Waals surface area contributed by atoms with Crippen LogP contribution in [0.2, 0.25) is 0 Å². The van der Waals surface area contributed by atoms with E-state index in [0.717, 1.165) is 27.7 Å². The zero-order valence-corrected chi connectivity index (χ0v) is 19.5. The number of hydrogen-bond donors (Lipinski definition) is 4. The number of carbonyl (C=O) groups excluding carboxylic acids is 4. The number of ether oxygens (including phenoxy) is 7. The van der Waals surface area contributed by atoms with E-state index in [2.05, 4.69) is 0 Å². The Hall–Kier alpha value is -2.40. The Morgan fingerprint density at radius 2 is 1.37 bits per heavy atom. The highest BCUT2D eigenvalue weighted by Crippen LogP contribution is 2.32. The Kier molecular flexibility index (Phi) is 10.3. The SMILES string of the molecule is CC(=O)OC[C@@H](OC(C)=O)[C@@H]1O[C@@H](OC[C@H]2O[C@H](O)[C@H](O)[C@@H](O)[C@@H]2O)[C@H](OC(C)=O)[C@H]1OC(C)=O. The fourth-order valence-electron chi connectivity index (χ4n) is 3.59. The number of aliphatic hydroxyl groups is 4. The van der Waals surface area contributed by atoms with Gasteiger partial charge in [0.15, 0.2) is 30.9 Å². The third kappa shape index (κ3) is 7.79. The molecule has 2 aliphatic rings. The van der Waals surface area contributed by atoms with E-state index in [1.165, 1.54) is 0 Å². The van der Waals surface area contributed by atoms with Crippen molar-refractivity contribution >= 4 is 23.9 Å². The Labute approximate surface area is 199 Å². The maximum atomic E-state index is 11.8. The van der Waals surface area contributed by atoms with E-state index in [9.17, 15) is 39.6 Å². The van der Waals surface area contributed by atoms with Gasteiger partial charge in [-0.15, -0.1) is 0 Å². The molecule has 0 unspecified atom stereocenters. The summed E-state index contributed by atoms with van der Waals surface area (Å²) >= 11 is 0. The Bertz CT molecular complexity index is 772. The molecule has 0 aromatic rings. The molecule has 0 aromatic carbocycles. The second kappa shape index (κ2) is 12.5. The van der Waals surface area contributed by atoms with Gasteiger partial charge < -0.3 is 53.6 Å². The van der Waals surface area contributed by atoms with Gasteiger partial charge in [-0.05, 0) is 0 Å². The average Bonchev–Trinajstić information content (AvgIpc) is 3.06. The quantitative estimate of drug-likeness (QED) is 0.178. The molecule has 4 N–H and O–H groups in total. The number of carbonyl (C=O) groups is 4. The van der Waals surface area contributed by atoms with E-state index in [1.54, 1.807) is 0 Å². The van der Waals surface area contributed by atoms with Crippen molar-refractivity contribution in [2.75, 3.05) is 13.2 Å². The molecule has 2 heterocycles. The number of esters is 4. The molecular formula is C20H30O15. The fraction of sp³-hybridized carbons (Fsp3) is 0.800. The standard InChI is InChI=1S/C20H30O15/c1-7(21)29-6-12(31-8(2)22)16-17(32-9(3)23)18(33-10(4)24)20(35-16)30-5-11-13(25)14(26)15(27)19(28)34-11/h11-20,25-28H,5-6H2,1-4H3/t11-,12-,13-,14+,15-,16+,17+,18-,19+,20-/m1/s1. The van der Waals surface area contributed by atoms with Crippen molar-refractivity contribution in [2.24, 2.45) is 0 Å². The molecule has 2 saturated heterocycles. The minimum Gasteiger partial charge on any atom is -0.462 e. The molecule has 0 bridgehead atoms. The van der Waals surface area contributed by atoms with Crippen LogP contribution < -0.4 is 0 Å². The first-order valence-corrected chi connectivity index (χ1v) is 10.6. The van der Waals surface area contributed by atoms with E-state index in [1.807, 2.05) is 0 Å². The van der Waals surface area contributed by atoms with E-state index in [4.69, 9.17) is 33.2 Å². The minimum absolute atomic E-state index is 0.489. The molecule has 0 amide bonds. The smallest absolute Gasteiger partial charge is 0.303 e. The zero-order chi connectivity index (χ0) is 26.4. The van der Waals surface area contributed by atoms with Crippen molar-refractivity contribution in [2.45, 2.75) is 89.1 Å². The summed E-state index contributed by atoms with van der Waals surface area (Å²) in [4.78, 5) is 46.4. The molecule has 0 aliphatic carbocycles. The van der Waals surface area contributed by atoms with Crippen LogP contribution in [0.3, 0.4) is 0 Å². The first-order valence-electron chi connectivity index (χ1n) is 10.6. The van der Waals surface area contributed by atoms with Crippen molar-refractivity contribution in [3.8, 4) is 0 Å². The van der Waals surface area contributed by atoms with E-state index < -0.39 is 98.5 Å². The van der Waals surface area contributed by atoms with Crippen molar-refractivity contribution in [1.82, 2.24) is 0 Å². The summed E-state index contributed by atoms with van der Waals surface area (Å²) in [5, 5.41) is 39.3. The topological polar surface area (TPSA) is 214 Å². The summed E-state index contributed by atoms with van der Waals surface area (Å²) < 4.78 is 36.9. The van der Waals surface area contributed by atoms with Crippen LogP contribution >= 0.6 is 0 Å². The van der Waals surface area contributed by atoms with Crippen LogP contribution in [0.1, 0.15) is 27.7 Å². The van der Waals surface area contributed by atoms with Crippen LogP contribution in [-0.2, 0) is 52.3 Å². The molecule has 2 fully saturated rings. The van der Waals surface area contributed by atoms with Crippen molar-refractivity contribution in [1.29, 1.82) is 0 Å². The first-order chi connectivity index (χ1) is 16.3. The van der Waals surface area contributed by atoms with Crippen molar-refractivity contribution in [3.05, 3.63) is 0 Å². The molecule has 0 aromatic heterocycles. The van der Waals surface area contributed by atoms with Gasteiger partial charge in [-0.3, -0.25) is 19.2 Å². The van der Waals surface area contributed by atoms with Crippen LogP contribution in [0.25, 0.3) is 0 Å². The van der Waals surface area contributed by atoms with Gasteiger partial charge in [-0.2, -0.15) is 0 Å². The summed E-state index contributed by atoms with van der Waals surface area (Å²) in [5.74, 6) is -3.09. The van der Waals surface area contributed by atoms with Gasteiger partial charge in [0.25, 0.3) is 0 Å². The molecular weight excluding hydrogens is 480 g/mol. The molecule has 35 heavy (non-hydrogen) atoms. The van der Waals surface area contributed by atoms with Crippen LogP contribution in [0.5, 0.6) is 0 Å². The third-order valence-electron chi connectivity index (χ3n) is 5.06. The highest BCUT2D eigenvalue weighted by atomic mass is 16.7. The molecule has 200 valence electrons. The van der Waals surface area contributed by atoms with Gasteiger partial charge in [0, 0.05) is 27.7 Å². The molecule has 0 saturated carbocycles. The number of aliphatic hydroxyl groups excluding tert-OH is 4. The lowest BCUT2D eigenvalue weighted by molar-refractivity contribution is -0.298. The van der Waals surface area contributed by atoms with Crippen LogP contribution in [0, 0.1) is 0 Å². The molecule has 2 rings (SSSR count). The molecule has 10 atom stereocenters. The van der Waals surface area contributed by atoms with Crippen molar-refractivity contribution < 1.29 is 72.8 Å². The molecule has 15 heteroatoms. The van der Waals surface area contributed by atoms with Crippen molar-refractivity contribution in [3.63, 3.8) is 0 Å². The highest BCUT2D eigenvalue weighted by molar-refractivity contribution is 5.68. The van der Waals surface area contributed by atoms with Gasteiger partial charge in [0.1, 0.15) is 37.1 Å². The summed E-state index contributed by atoms with van der Waals surface area (Å²) in [5.41, 5.74) is 0. The predicted octanol–water partition coefficient (Wildman–Crippen LogP) is -3.11. The number of hydrogen-bond acceptors (Lipinski definition) is 15. The van der Waals surface area contributed by atoms with E-state index >= 15 is 0 Å². The Balaban J connectivity index is 2.27. The molecule has 2 aliphatic heterocycles. The van der Waals surface area contributed by atoms with Crippen LogP contribution in [0.4, 0.5) is 0 Å². The lowest BCUT2D eigenvalue weighted by Gasteiger charge is -2.38. The summed E-state index contributed by atoms with van der Waals surface area (Å²) in [6.45, 7) is 3.31. The van der Waals surface area contributed by atoms with E-state index in [0.29, 0.717) is 0 Å². The third-order valence-corrected chi connectivity index (χ3v) is 5.06. The molecule has 15 nitrogen and oxygen atoms in total. The fourth-order valence-corrected chi connectivity index (χ4v) is 3.59. The maximum Gasteiger partial charge on any atom is 0.303 e. The van der Waals surface area contributed by atoms with Crippen LogP contribution in [0.15, 0.2) is 0 Å². The lowest BCUT2D eigenvalue weighted by atomic mass is 9.99. The Morgan fingerprint density at radius 3 is 1.91 bits per heavy atom. The monoisotopic (exact) mass is 510 g/mol. The first kappa shape index (κ1) is 28.8. The second-order valence-corrected chi connectivity index (χ2v) is 7.94. The average molecular weight is 510 g/mol. The summed E-state index contributed by atoms with van der Waals surface area (Å²) in [6, 6.07) is 0. The Morgan fingerprint density at radius 1 is 0.771 bits per heavy atom. The van der Waals surface area contributed by atoms with Gasteiger partial charge in [0.2, 0.25) is 0 Å². The number of rotatable bonds is 9. The van der Waals surface area contributed by atoms with Crippen LogP contribution in [-0.4, -0.2) is 119 Å². The predicted molar refractivity (Wildman–Crippen MR) is 107 cm³/mol. The molecule has 0 spiro atoms. The normalized spacial score (nSPS) is 35.6. The lowest BCUT2D eigenvalue weighted by Crippen LogP contribution is -2.59. The minimum atomic E-state index is -1.82. The summed E-state index contributed by atoms with van der Waals surface area (Å²) in [7, 11) is 0. The van der Waals surface area contributed by atoms with Gasteiger partial charge in [-0.1, -0.05) is 0 Å². The maximum absolute atomic E-state index is 11.8. The van der Waals surface area contributed by atoms with Gasteiger partial charge >= 0.3 is 23.9 Å². The second-order valence-electron chi connectivity index (χ2n) is 7.94. The van der Waals surface area contributed by atoms with E-state index in [-0.39, 0.29) is 0 Å². The molecule has 0 radical (unpaired) electrons. The largest absolute Gasteiger partial charge is 0.462 e. The highest BCUT2D eigenvalue weighted by Gasteiger charge is 2.54.